The van der Waals surface area contributed by atoms with Crippen LogP contribution in [0.25, 0.3) is 11.5 Å². The first-order valence-corrected chi connectivity index (χ1v) is 10.3. The van der Waals surface area contributed by atoms with Gasteiger partial charge in [-0.25, -0.2) is 0 Å². The van der Waals surface area contributed by atoms with Gasteiger partial charge in [-0.2, -0.15) is 0 Å². The summed E-state index contributed by atoms with van der Waals surface area (Å²) in [7, 11) is 0. The number of rotatable bonds is 4. The van der Waals surface area contributed by atoms with Crippen LogP contribution in [0, 0.1) is 17.8 Å². The second-order valence-corrected chi connectivity index (χ2v) is 8.56. The molecule has 2 bridgehead atoms. The van der Waals surface area contributed by atoms with Crippen molar-refractivity contribution >= 4 is 5.91 Å². The Morgan fingerprint density at radius 1 is 1.19 bits per heavy atom. The molecule has 1 amide bonds. The van der Waals surface area contributed by atoms with E-state index in [0.717, 1.165) is 43.6 Å². The molecule has 5 heteroatoms. The Morgan fingerprint density at radius 2 is 2.11 bits per heavy atom. The Morgan fingerprint density at radius 3 is 2.81 bits per heavy atom. The van der Waals surface area contributed by atoms with Crippen molar-refractivity contribution in [1.82, 2.24) is 9.88 Å². The molecule has 3 fully saturated rings. The molecule has 5 rings (SSSR count). The van der Waals surface area contributed by atoms with Gasteiger partial charge in [0.1, 0.15) is 11.3 Å². The minimum atomic E-state index is -0.334. The number of hydrogen-bond donors (Lipinski definition) is 1. The molecule has 142 valence electrons. The molecule has 1 N–H and O–H groups in total. The van der Waals surface area contributed by atoms with Crippen LogP contribution in [0.5, 0.6) is 0 Å². The standard InChI is InChI=1S/C22H26N2O3/c25-21-18(7-8-19(23-21)20-4-2-10-27-20)22(26)24-9-1-3-17(24)13-16-12-14-5-6-15(16)11-14/h2,4,7-8,10,14-17H,1,3,5-6,9,11-13H2,(H,23,25)/t14-,15-,16+,17-/m1/s1. The van der Waals surface area contributed by atoms with E-state index in [1.54, 1.807) is 30.5 Å². The normalized spacial score (nSPS) is 29.6. The van der Waals surface area contributed by atoms with Gasteiger partial charge in [0.2, 0.25) is 0 Å². The fraction of sp³-hybridized carbons (Fsp3) is 0.545. The van der Waals surface area contributed by atoms with Gasteiger partial charge in [-0.3, -0.25) is 9.59 Å². The Balaban J connectivity index is 1.33. The fourth-order valence-corrected chi connectivity index (χ4v) is 5.74. The number of hydrogen-bond acceptors (Lipinski definition) is 3. The third kappa shape index (κ3) is 3.03. The van der Waals surface area contributed by atoms with Crippen LogP contribution < -0.4 is 5.56 Å². The van der Waals surface area contributed by atoms with Gasteiger partial charge in [-0.05, 0) is 80.5 Å². The van der Waals surface area contributed by atoms with Crippen molar-refractivity contribution in [3.63, 3.8) is 0 Å². The van der Waals surface area contributed by atoms with Crippen molar-refractivity contribution in [2.75, 3.05) is 6.54 Å². The lowest BCUT2D eigenvalue weighted by atomic mass is 9.83. The van der Waals surface area contributed by atoms with Crippen LogP contribution in [0.15, 0.2) is 39.7 Å². The van der Waals surface area contributed by atoms with Crippen molar-refractivity contribution in [3.8, 4) is 11.5 Å². The molecule has 2 aliphatic carbocycles. The molecule has 3 aliphatic rings. The zero-order chi connectivity index (χ0) is 18.4. The number of nitrogens with one attached hydrogen (secondary N) is 1. The largest absolute Gasteiger partial charge is 0.463 e. The molecule has 1 aliphatic heterocycles. The van der Waals surface area contributed by atoms with Crippen LogP contribution >= 0.6 is 0 Å². The van der Waals surface area contributed by atoms with E-state index in [2.05, 4.69) is 4.98 Å². The monoisotopic (exact) mass is 366 g/mol. The van der Waals surface area contributed by atoms with Gasteiger partial charge in [0.05, 0.1) is 12.0 Å². The first kappa shape index (κ1) is 16.8. The van der Waals surface area contributed by atoms with E-state index in [4.69, 9.17) is 4.42 Å². The Kier molecular flexibility index (Phi) is 4.18. The highest BCUT2D eigenvalue weighted by Crippen LogP contribution is 2.50. The quantitative estimate of drug-likeness (QED) is 0.887. The van der Waals surface area contributed by atoms with Gasteiger partial charge in [0, 0.05) is 12.6 Å². The molecule has 0 aromatic carbocycles. The molecule has 2 saturated carbocycles. The van der Waals surface area contributed by atoms with Crippen LogP contribution in [-0.2, 0) is 0 Å². The highest BCUT2D eigenvalue weighted by Gasteiger charge is 2.42. The second kappa shape index (κ2) is 6.70. The SMILES string of the molecule is O=C(c1ccc(-c2ccco2)[nH]c1=O)N1CCC[C@@H]1C[C@@H]1C[C@@H]2CC[C@@H]1C2. The predicted octanol–water partition coefficient (Wildman–Crippen LogP) is 4.07. The van der Waals surface area contributed by atoms with E-state index in [1.165, 1.54) is 25.7 Å². The molecular formula is C22H26N2O3. The van der Waals surface area contributed by atoms with Gasteiger partial charge < -0.3 is 14.3 Å². The number of fused-ring (bicyclic) bond motifs is 2. The maximum absolute atomic E-state index is 13.1. The maximum atomic E-state index is 13.1. The molecule has 5 nitrogen and oxygen atoms in total. The van der Waals surface area contributed by atoms with E-state index in [9.17, 15) is 9.59 Å². The van der Waals surface area contributed by atoms with Gasteiger partial charge in [-0.1, -0.05) is 6.42 Å². The number of carbonyl (C=O) groups is 1. The van der Waals surface area contributed by atoms with Crippen molar-refractivity contribution in [2.45, 2.75) is 51.0 Å². The summed E-state index contributed by atoms with van der Waals surface area (Å²) in [5.74, 6) is 3.07. The van der Waals surface area contributed by atoms with E-state index in [1.807, 2.05) is 4.90 Å². The average molecular weight is 366 g/mol. The molecule has 4 atom stereocenters. The summed E-state index contributed by atoms with van der Waals surface area (Å²) >= 11 is 0. The van der Waals surface area contributed by atoms with E-state index in [-0.39, 0.29) is 17.0 Å². The lowest BCUT2D eigenvalue weighted by Crippen LogP contribution is -2.39. The summed E-state index contributed by atoms with van der Waals surface area (Å²) in [5.41, 5.74) is 0.506. The van der Waals surface area contributed by atoms with Crippen LogP contribution in [0.4, 0.5) is 0 Å². The van der Waals surface area contributed by atoms with E-state index < -0.39 is 0 Å². The third-order valence-electron chi connectivity index (χ3n) is 7.02. The van der Waals surface area contributed by atoms with Crippen molar-refractivity contribution in [3.05, 3.63) is 46.4 Å². The number of H-pyrrole nitrogens is 1. The molecule has 0 radical (unpaired) electrons. The highest BCUT2D eigenvalue weighted by molar-refractivity contribution is 5.94. The van der Waals surface area contributed by atoms with E-state index >= 15 is 0 Å². The molecule has 2 aromatic heterocycles. The lowest BCUT2D eigenvalue weighted by molar-refractivity contribution is 0.0706. The summed E-state index contributed by atoms with van der Waals surface area (Å²) in [6.45, 7) is 0.768. The minimum Gasteiger partial charge on any atom is -0.463 e. The second-order valence-electron chi connectivity index (χ2n) is 8.56. The zero-order valence-electron chi connectivity index (χ0n) is 15.5. The summed E-state index contributed by atoms with van der Waals surface area (Å²) in [6, 6.07) is 7.27. The van der Waals surface area contributed by atoms with Gasteiger partial charge in [0.15, 0.2) is 0 Å². The highest BCUT2D eigenvalue weighted by atomic mass is 16.3. The van der Waals surface area contributed by atoms with Crippen LogP contribution in [0.2, 0.25) is 0 Å². The van der Waals surface area contributed by atoms with Gasteiger partial charge >= 0.3 is 0 Å². The molecule has 0 spiro atoms. The molecule has 27 heavy (non-hydrogen) atoms. The van der Waals surface area contributed by atoms with Crippen molar-refractivity contribution in [1.29, 1.82) is 0 Å². The zero-order valence-corrected chi connectivity index (χ0v) is 15.5. The van der Waals surface area contributed by atoms with Crippen LogP contribution in [-0.4, -0.2) is 28.4 Å². The fourth-order valence-electron chi connectivity index (χ4n) is 5.74. The predicted molar refractivity (Wildman–Crippen MR) is 102 cm³/mol. The number of furan rings is 1. The maximum Gasteiger partial charge on any atom is 0.261 e. The lowest BCUT2D eigenvalue weighted by Gasteiger charge is -2.30. The van der Waals surface area contributed by atoms with Crippen LogP contribution in [0.3, 0.4) is 0 Å². The molecule has 1 saturated heterocycles. The third-order valence-corrected chi connectivity index (χ3v) is 7.02. The number of likely N-dealkylation sites (tertiary alicyclic amines) is 1. The summed E-state index contributed by atoms with van der Waals surface area (Å²) in [4.78, 5) is 30.4. The van der Waals surface area contributed by atoms with Crippen LogP contribution in [0.1, 0.15) is 55.3 Å². The number of pyridine rings is 1. The smallest absolute Gasteiger partial charge is 0.261 e. The number of carbonyl (C=O) groups excluding carboxylic acids is 1. The molecule has 3 heterocycles. The van der Waals surface area contributed by atoms with Crippen molar-refractivity contribution < 1.29 is 9.21 Å². The number of aromatic nitrogens is 1. The summed E-state index contributed by atoms with van der Waals surface area (Å²) in [6.07, 6.45) is 10.3. The summed E-state index contributed by atoms with van der Waals surface area (Å²) in [5, 5.41) is 0. The molecule has 0 unspecified atom stereocenters. The van der Waals surface area contributed by atoms with Gasteiger partial charge in [-0.15, -0.1) is 0 Å². The van der Waals surface area contributed by atoms with E-state index in [0.29, 0.717) is 17.5 Å². The summed E-state index contributed by atoms with van der Waals surface area (Å²) < 4.78 is 5.32. The number of amides is 1. The Hall–Kier alpha value is -2.30. The first-order valence-electron chi connectivity index (χ1n) is 10.3. The number of aromatic amines is 1. The van der Waals surface area contributed by atoms with Crippen molar-refractivity contribution in [2.24, 2.45) is 17.8 Å². The Bertz CT molecular complexity index is 885. The first-order chi connectivity index (χ1) is 13.2. The molecule has 2 aromatic rings. The minimum absolute atomic E-state index is 0.118. The van der Waals surface area contributed by atoms with Gasteiger partial charge in [0.25, 0.3) is 11.5 Å². The average Bonchev–Trinajstić information content (AvgIpc) is 3.45. The molecular weight excluding hydrogens is 340 g/mol. The topological polar surface area (TPSA) is 66.3 Å². The Labute approximate surface area is 158 Å². The number of nitrogens with zero attached hydrogens (tertiary/aromatic N) is 1.